The normalized spacial score (nSPS) is 14.2. The molecule has 0 spiro atoms. The van der Waals surface area contributed by atoms with E-state index in [9.17, 15) is 19.2 Å². The second kappa shape index (κ2) is 12.7. The lowest BCUT2D eigenvalue weighted by molar-refractivity contribution is -0.141. The predicted molar refractivity (Wildman–Crippen MR) is 168 cm³/mol. The molecule has 4 aromatic carbocycles. The van der Waals surface area contributed by atoms with Crippen LogP contribution in [0.5, 0.6) is 5.75 Å². The van der Waals surface area contributed by atoms with Crippen LogP contribution in [0.2, 0.25) is 0 Å². The molecule has 7 nitrogen and oxygen atoms in total. The molecular formula is C37H27FN4O3. The first-order valence-electron chi connectivity index (χ1n) is 14.3. The number of halogens is 1. The standard InChI is InChI=1S/C37H27FN4O3/c1-25-33(36(43)41(37(44)34(25)21-39)22-26-15-17-30(38)18-16-26)20-29-23-42(31-12-6-3-7-13-31)40-35(29)28-11-8-14-32(19-28)45-24-27-9-4-2-5-10-27/h2-20,23H,22,24H2,1H3/b33-20+. The molecule has 45 heavy (non-hydrogen) atoms. The van der Waals surface area contributed by atoms with Crippen LogP contribution in [0.25, 0.3) is 23.0 Å². The number of carbonyl (C=O) groups is 2. The van der Waals surface area contributed by atoms with Gasteiger partial charge in [0, 0.05) is 22.9 Å². The molecule has 1 aliphatic rings. The Morgan fingerprint density at radius 2 is 1.58 bits per heavy atom. The van der Waals surface area contributed by atoms with Gasteiger partial charge in [-0.05, 0) is 66.1 Å². The number of nitrogens with zero attached hydrogens (tertiary/aromatic N) is 4. The monoisotopic (exact) mass is 594 g/mol. The Bertz CT molecular complexity index is 1990. The Balaban J connectivity index is 1.42. The fraction of sp³-hybridized carbons (Fsp3) is 0.0811. The number of para-hydroxylation sites is 1. The second-order valence-corrected chi connectivity index (χ2v) is 10.5. The van der Waals surface area contributed by atoms with Crippen LogP contribution < -0.4 is 4.74 Å². The average Bonchev–Trinajstić information content (AvgIpc) is 3.50. The van der Waals surface area contributed by atoms with Crippen molar-refractivity contribution in [2.24, 2.45) is 0 Å². The lowest BCUT2D eigenvalue weighted by Crippen LogP contribution is -2.42. The molecule has 0 bridgehead atoms. The van der Waals surface area contributed by atoms with Crippen LogP contribution in [0.1, 0.15) is 23.6 Å². The highest BCUT2D eigenvalue weighted by Crippen LogP contribution is 2.33. The van der Waals surface area contributed by atoms with Gasteiger partial charge in [0.25, 0.3) is 11.8 Å². The van der Waals surface area contributed by atoms with Crippen molar-refractivity contribution in [2.75, 3.05) is 0 Å². The summed E-state index contributed by atoms with van der Waals surface area (Å²) in [5, 5.41) is 14.8. The van der Waals surface area contributed by atoms with Crippen LogP contribution in [0.3, 0.4) is 0 Å². The molecule has 1 aliphatic heterocycles. The van der Waals surface area contributed by atoms with E-state index in [4.69, 9.17) is 9.84 Å². The van der Waals surface area contributed by atoms with Crippen molar-refractivity contribution in [3.05, 3.63) is 155 Å². The number of hydrogen-bond donors (Lipinski definition) is 0. The van der Waals surface area contributed by atoms with Gasteiger partial charge in [0.1, 0.15) is 35.5 Å². The molecule has 0 unspecified atom stereocenters. The van der Waals surface area contributed by atoms with E-state index in [-0.39, 0.29) is 23.3 Å². The Morgan fingerprint density at radius 3 is 2.29 bits per heavy atom. The lowest BCUT2D eigenvalue weighted by Gasteiger charge is -2.27. The predicted octanol–water partition coefficient (Wildman–Crippen LogP) is 7.05. The fourth-order valence-corrected chi connectivity index (χ4v) is 5.11. The van der Waals surface area contributed by atoms with Gasteiger partial charge in [-0.3, -0.25) is 14.5 Å². The summed E-state index contributed by atoms with van der Waals surface area (Å²) < 4.78 is 21.3. The maximum atomic E-state index is 13.9. The zero-order chi connectivity index (χ0) is 31.3. The Morgan fingerprint density at radius 1 is 0.867 bits per heavy atom. The number of hydrogen-bond acceptors (Lipinski definition) is 5. The molecular weight excluding hydrogens is 567 g/mol. The maximum absolute atomic E-state index is 13.9. The van der Waals surface area contributed by atoms with E-state index >= 15 is 0 Å². The number of benzene rings is 4. The molecule has 5 aromatic rings. The van der Waals surface area contributed by atoms with Gasteiger partial charge in [0.2, 0.25) is 0 Å². The lowest BCUT2D eigenvalue weighted by atomic mass is 9.93. The molecule has 2 heterocycles. The summed E-state index contributed by atoms with van der Waals surface area (Å²) in [6, 6.07) is 34.5. The van der Waals surface area contributed by atoms with E-state index in [0.29, 0.717) is 29.2 Å². The van der Waals surface area contributed by atoms with Crippen molar-refractivity contribution in [1.29, 1.82) is 5.26 Å². The molecule has 1 aromatic heterocycles. The van der Waals surface area contributed by atoms with Gasteiger partial charge in [-0.15, -0.1) is 0 Å². The van der Waals surface area contributed by atoms with Gasteiger partial charge in [0.05, 0.1) is 12.2 Å². The largest absolute Gasteiger partial charge is 0.489 e. The Labute approximate surface area is 259 Å². The van der Waals surface area contributed by atoms with Crippen molar-refractivity contribution >= 4 is 17.9 Å². The van der Waals surface area contributed by atoms with Crippen LogP contribution in [0, 0.1) is 17.1 Å². The number of imide groups is 1. The summed E-state index contributed by atoms with van der Waals surface area (Å²) in [7, 11) is 0. The van der Waals surface area contributed by atoms with Gasteiger partial charge >= 0.3 is 0 Å². The van der Waals surface area contributed by atoms with Gasteiger partial charge < -0.3 is 4.74 Å². The first kappa shape index (κ1) is 29.0. The van der Waals surface area contributed by atoms with Crippen molar-refractivity contribution in [2.45, 2.75) is 20.1 Å². The smallest absolute Gasteiger partial charge is 0.271 e. The summed E-state index contributed by atoms with van der Waals surface area (Å²) in [4.78, 5) is 28.1. The molecule has 0 saturated heterocycles. The first-order valence-corrected chi connectivity index (χ1v) is 14.3. The Kier molecular flexibility index (Phi) is 8.16. The number of ether oxygens (including phenoxy) is 1. The van der Waals surface area contributed by atoms with Crippen LogP contribution in [-0.2, 0) is 22.7 Å². The highest BCUT2D eigenvalue weighted by Gasteiger charge is 2.35. The highest BCUT2D eigenvalue weighted by atomic mass is 19.1. The van der Waals surface area contributed by atoms with Crippen LogP contribution >= 0.6 is 0 Å². The van der Waals surface area contributed by atoms with Crippen molar-refractivity contribution in [3.8, 4) is 28.8 Å². The number of carbonyl (C=O) groups excluding carboxylic acids is 2. The van der Waals surface area contributed by atoms with E-state index in [1.54, 1.807) is 17.7 Å². The third-order valence-corrected chi connectivity index (χ3v) is 7.50. The van der Waals surface area contributed by atoms with E-state index in [2.05, 4.69) is 0 Å². The molecule has 0 atom stereocenters. The zero-order valence-electron chi connectivity index (χ0n) is 24.4. The summed E-state index contributed by atoms with van der Waals surface area (Å²) in [6.45, 7) is 1.88. The average molecular weight is 595 g/mol. The summed E-state index contributed by atoms with van der Waals surface area (Å²) in [5.74, 6) is -1.03. The molecule has 6 rings (SSSR count). The molecule has 0 fully saturated rings. The molecule has 2 amide bonds. The van der Waals surface area contributed by atoms with Crippen molar-refractivity contribution in [3.63, 3.8) is 0 Å². The summed E-state index contributed by atoms with van der Waals surface area (Å²) in [6.07, 6.45) is 3.47. The third kappa shape index (κ3) is 6.19. The number of rotatable bonds is 8. The Hall–Kier alpha value is -6.07. The second-order valence-electron chi connectivity index (χ2n) is 10.5. The topological polar surface area (TPSA) is 88.2 Å². The van der Waals surface area contributed by atoms with Gasteiger partial charge in [-0.1, -0.05) is 72.8 Å². The summed E-state index contributed by atoms with van der Waals surface area (Å²) in [5.41, 5.74) is 4.69. The number of aromatic nitrogens is 2. The summed E-state index contributed by atoms with van der Waals surface area (Å²) >= 11 is 0. The van der Waals surface area contributed by atoms with E-state index in [1.807, 2.05) is 97.2 Å². The number of amides is 2. The first-order chi connectivity index (χ1) is 21.9. The zero-order valence-corrected chi connectivity index (χ0v) is 24.4. The maximum Gasteiger partial charge on any atom is 0.271 e. The minimum absolute atomic E-state index is 0.106. The van der Waals surface area contributed by atoms with Gasteiger partial charge in [-0.25, -0.2) is 9.07 Å². The van der Waals surface area contributed by atoms with Crippen LogP contribution in [0.15, 0.2) is 132 Å². The van der Waals surface area contributed by atoms with E-state index in [0.717, 1.165) is 21.7 Å². The highest BCUT2D eigenvalue weighted by molar-refractivity contribution is 6.19. The van der Waals surface area contributed by atoms with Gasteiger partial charge in [0.15, 0.2) is 0 Å². The van der Waals surface area contributed by atoms with Crippen LogP contribution in [-0.4, -0.2) is 26.5 Å². The molecule has 220 valence electrons. The fourth-order valence-electron chi connectivity index (χ4n) is 5.11. The number of nitriles is 1. The van der Waals surface area contributed by atoms with Crippen molar-refractivity contribution < 1.29 is 18.7 Å². The van der Waals surface area contributed by atoms with E-state index < -0.39 is 17.6 Å². The molecule has 0 saturated carbocycles. The minimum atomic E-state index is -0.690. The SMILES string of the molecule is CC1=C(C#N)C(=O)N(Cc2ccc(F)cc2)C(=O)/C1=C/c1cn(-c2ccccc2)nc1-c1cccc(OCc2ccccc2)c1. The quantitative estimate of drug-likeness (QED) is 0.142. The third-order valence-electron chi connectivity index (χ3n) is 7.50. The van der Waals surface area contributed by atoms with Crippen LogP contribution in [0.4, 0.5) is 4.39 Å². The minimum Gasteiger partial charge on any atom is -0.489 e. The molecule has 8 heteroatoms. The molecule has 0 radical (unpaired) electrons. The molecule has 0 aliphatic carbocycles. The van der Waals surface area contributed by atoms with Gasteiger partial charge in [-0.2, -0.15) is 10.4 Å². The van der Waals surface area contributed by atoms with Crippen molar-refractivity contribution in [1.82, 2.24) is 14.7 Å². The van der Waals surface area contributed by atoms with E-state index in [1.165, 1.54) is 24.3 Å². The molecule has 0 N–H and O–H groups in total.